The van der Waals surface area contributed by atoms with Gasteiger partial charge in [-0.15, -0.1) is 0 Å². The van der Waals surface area contributed by atoms with Crippen molar-refractivity contribution in [3.63, 3.8) is 0 Å². The molecule has 14 heteroatoms. The van der Waals surface area contributed by atoms with E-state index in [1.807, 2.05) is 164 Å². The van der Waals surface area contributed by atoms with Crippen LogP contribution in [0.15, 0.2) is 333 Å². The van der Waals surface area contributed by atoms with Gasteiger partial charge in [-0.25, -0.2) is 29.9 Å². The van der Waals surface area contributed by atoms with Crippen molar-refractivity contribution in [1.82, 2.24) is 49.8 Å². The molecule has 0 saturated heterocycles. The number of nitrogens with zero attached hydrogens (tertiary/aromatic N) is 10. The first kappa shape index (κ1) is 62.1. The van der Waals surface area contributed by atoms with Crippen LogP contribution in [0.5, 0.6) is 0 Å². The summed E-state index contributed by atoms with van der Waals surface area (Å²) in [5.41, 5.74) is 16.7. The highest BCUT2D eigenvalue weighted by Crippen LogP contribution is 2.40. The van der Waals surface area contributed by atoms with Crippen LogP contribution in [-0.2, 0) is 0 Å². The summed E-state index contributed by atoms with van der Waals surface area (Å²) in [6.45, 7) is 0. The van der Waals surface area contributed by atoms with Gasteiger partial charge in [0.25, 0.3) is 0 Å². The lowest BCUT2D eigenvalue weighted by Gasteiger charge is -2.13. The Hall–Kier alpha value is -12.7. The van der Waals surface area contributed by atoms with Crippen LogP contribution in [0.1, 0.15) is 0 Å². The van der Waals surface area contributed by atoms with Crippen molar-refractivity contribution in [3.8, 4) is 102 Å². The molecule has 0 radical (unpaired) electrons. The molecule has 0 fully saturated rings. The van der Waals surface area contributed by atoms with Crippen LogP contribution in [-0.4, -0.2) is 67.0 Å². The van der Waals surface area contributed by atoms with E-state index in [9.17, 15) is 0 Å². The summed E-state index contributed by atoms with van der Waals surface area (Å²) in [7, 11) is -1.34. The van der Waals surface area contributed by atoms with Crippen molar-refractivity contribution >= 4 is 93.7 Å². The first-order chi connectivity index (χ1) is 49.3. The van der Waals surface area contributed by atoms with E-state index in [0.717, 1.165) is 131 Å². The van der Waals surface area contributed by atoms with Gasteiger partial charge in [-0.3, -0.25) is 19.9 Å². The number of benzene rings is 12. The van der Waals surface area contributed by atoms with Crippen LogP contribution in [0.2, 0.25) is 0 Å². The van der Waals surface area contributed by atoms with Crippen molar-refractivity contribution in [1.29, 1.82) is 0 Å². The maximum absolute atomic E-state index is 8.58. The summed E-state index contributed by atoms with van der Waals surface area (Å²) in [5, 5.41) is 25.9. The molecule has 18 aromatic rings. The number of fused-ring (bicyclic) bond motifs is 10. The minimum atomic E-state index is -1.34. The van der Waals surface area contributed by atoms with Crippen LogP contribution < -0.4 is 5.46 Å². The molecular formula is C86H56BBrN10O2. The topological polar surface area (TPSA) is 169 Å². The molecule has 6 heterocycles. The van der Waals surface area contributed by atoms with Crippen molar-refractivity contribution in [2.45, 2.75) is 0 Å². The molecule has 0 amide bonds. The first-order valence-electron chi connectivity index (χ1n) is 32.6. The second-order valence-electron chi connectivity index (χ2n) is 23.8. The molecule has 0 aliphatic carbocycles. The second kappa shape index (κ2) is 27.8. The predicted octanol–water partition coefficient (Wildman–Crippen LogP) is 19.4. The highest BCUT2D eigenvalue weighted by Gasteiger charge is 2.19. The average molecular weight is 1350 g/mol. The number of hydrogen-bond acceptors (Lipinski definition) is 12. The normalized spacial score (nSPS) is 11.2. The summed E-state index contributed by atoms with van der Waals surface area (Å²) < 4.78 is 1.02. The van der Waals surface area contributed by atoms with Gasteiger partial charge < -0.3 is 10.0 Å². The van der Waals surface area contributed by atoms with E-state index >= 15 is 0 Å². The van der Waals surface area contributed by atoms with Gasteiger partial charge in [0.05, 0.1) is 22.1 Å². The Kier molecular flexibility index (Phi) is 17.3. The number of aromatic nitrogens is 10. The molecule has 18 rings (SSSR count). The molecule has 6 aromatic heterocycles. The number of pyridine rings is 4. The number of rotatable bonds is 10. The molecule has 12 nitrogen and oxygen atoms in total. The average Bonchev–Trinajstić information content (AvgIpc) is 0.748. The van der Waals surface area contributed by atoms with Crippen molar-refractivity contribution in [3.05, 3.63) is 333 Å². The molecule has 100 heavy (non-hydrogen) atoms. The summed E-state index contributed by atoms with van der Waals surface area (Å²) in [4.78, 5) is 48.6. The fourth-order valence-electron chi connectivity index (χ4n) is 12.7. The monoisotopic (exact) mass is 1350 g/mol. The van der Waals surface area contributed by atoms with Crippen LogP contribution >= 0.6 is 15.9 Å². The second-order valence-corrected chi connectivity index (χ2v) is 24.6. The quantitative estimate of drug-likeness (QED) is 0.0983. The Morgan fingerprint density at radius 3 is 0.770 bits per heavy atom. The van der Waals surface area contributed by atoms with E-state index in [4.69, 9.17) is 59.9 Å². The molecule has 0 atom stereocenters. The van der Waals surface area contributed by atoms with Gasteiger partial charge in [0.15, 0.2) is 34.9 Å². The fourth-order valence-corrected chi connectivity index (χ4v) is 13.1. The van der Waals surface area contributed by atoms with E-state index in [2.05, 4.69) is 155 Å². The van der Waals surface area contributed by atoms with Crippen LogP contribution in [0, 0.1) is 0 Å². The third-order valence-corrected chi connectivity index (χ3v) is 18.3. The lowest BCUT2D eigenvalue weighted by molar-refractivity contribution is 0.426. The number of halogens is 1. The van der Waals surface area contributed by atoms with Crippen molar-refractivity contribution in [2.75, 3.05) is 0 Å². The zero-order valence-corrected chi connectivity index (χ0v) is 55.1. The van der Waals surface area contributed by atoms with E-state index in [1.165, 1.54) is 5.56 Å². The Bertz CT molecular complexity index is 5880. The van der Waals surface area contributed by atoms with E-state index in [0.29, 0.717) is 40.4 Å². The van der Waals surface area contributed by atoms with Crippen LogP contribution in [0.3, 0.4) is 0 Å². The Balaban J connectivity index is 0.000000139. The highest BCUT2D eigenvalue weighted by atomic mass is 79.9. The molecule has 0 unspecified atom stereocenters. The Morgan fingerprint density at radius 2 is 0.470 bits per heavy atom. The Morgan fingerprint density at radius 1 is 0.230 bits per heavy atom. The lowest BCUT2D eigenvalue weighted by atomic mass is 9.81. The molecule has 0 aliphatic heterocycles. The largest absolute Gasteiger partial charge is 0.488 e. The molecule has 0 spiro atoms. The SMILES string of the molecule is Brc1ccnc2c1ccc1ccc3c(-c4ccc(-c5nc(-c6ccccc6)nc(-c6ccccc6)n5)cc4)ccnc3c12.OB(O)c1ccccc1.c1ccc(-c2nc(-c3ccccc3)nc(-c3ccc(-c4ccnc5c4ccc4ccc6c(-c7ccccc7)ccnc6c45)cc3)n2)cc1. The maximum Gasteiger partial charge on any atom is 0.488 e. The Labute approximate surface area is 584 Å². The van der Waals surface area contributed by atoms with Crippen LogP contribution in [0.4, 0.5) is 0 Å². The standard InChI is InChI=1S/C43H27N5.C37H22BrN5.C6H7BO2/c1-4-10-28(11-5-1)34-24-26-44-39-36(34)22-20-30-21-23-37-35(25-27-45-40(37)38(30)39)29-16-18-33(19-17-29)43-47-41(31-12-6-2-7-13-31)46-42(48-43)32-14-8-3-9-15-32;38-31-20-22-40-34-30(31)18-16-24-15-17-29-28(19-21-39-33(29)32(24)34)23-11-13-27(14-12-23)37-42-35(25-7-3-1-4-8-25)41-36(43-37)26-9-5-2-6-10-26;8-7(9)6-4-2-1-3-5-6/h1-27H;1-22H;1-5,8-9H. The third kappa shape index (κ3) is 12.6. The van der Waals surface area contributed by atoms with Crippen molar-refractivity contribution < 1.29 is 10.0 Å². The molecule has 0 aliphatic rings. The molecule has 0 saturated carbocycles. The molecule has 472 valence electrons. The minimum absolute atomic E-state index is 0.525. The van der Waals surface area contributed by atoms with E-state index in [-0.39, 0.29) is 0 Å². The van der Waals surface area contributed by atoms with Gasteiger partial charge in [0.2, 0.25) is 0 Å². The molecule has 2 N–H and O–H groups in total. The first-order valence-corrected chi connectivity index (χ1v) is 33.4. The van der Waals surface area contributed by atoms with Crippen LogP contribution in [0.25, 0.3) is 167 Å². The van der Waals surface area contributed by atoms with Gasteiger partial charge in [-0.05, 0) is 73.9 Å². The fraction of sp³-hybridized carbons (Fsp3) is 0. The lowest BCUT2D eigenvalue weighted by Crippen LogP contribution is -2.29. The van der Waals surface area contributed by atoms with Gasteiger partial charge in [0, 0.05) is 95.0 Å². The highest BCUT2D eigenvalue weighted by molar-refractivity contribution is 9.10. The zero-order chi connectivity index (χ0) is 67.3. The smallest absolute Gasteiger partial charge is 0.423 e. The summed E-state index contributed by atoms with van der Waals surface area (Å²) in [6.07, 6.45) is 7.52. The molecular weight excluding hydrogens is 1300 g/mol. The van der Waals surface area contributed by atoms with Gasteiger partial charge in [-0.2, -0.15) is 0 Å². The summed E-state index contributed by atoms with van der Waals surface area (Å²) in [6, 6.07) is 102. The predicted molar refractivity (Wildman–Crippen MR) is 409 cm³/mol. The zero-order valence-electron chi connectivity index (χ0n) is 53.5. The third-order valence-electron chi connectivity index (χ3n) is 17.6. The minimum Gasteiger partial charge on any atom is -0.423 e. The summed E-state index contributed by atoms with van der Waals surface area (Å²) >= 11 is 3.68. The van der Waals surface area contributed by atoms with Gasteiger partial charge in [-0.1, -0.05) is 295 Å². The van der Waals surface area contributed by atoms with Gasteiger partial charge >= 0.3 is 7.12 Å². The maximum atomic E-state index is 8.58. The van der Waals surface area contributed by atoms with E-state index in [1.54, 1.807) is 24.3 Å². The van der Waals surface area contributed by atoms with Gasteiger partial charge in [0.1, 0.15) is 0 Å². The molecule has 0 bridgehead atoms. The number of hydrogen-bond donors (Lipinski definition) is 2. The van der Waals surface area contributed by atoms with E-state index < -0.39 is 7.12 Å². The van der Waals surface area contributed by atoms with Crippen molar-refractivity contribution in [2.24, 2.45) is 0 Å². The molecule has 12 aromatic carbocycles. The summed E-state index contributed by atoms with van der Waals surface area (Å²) in [5.74, 6) is 3.85.